The van der Waals surface area contributed by atoms with Crippen LogP contribution in [0, 0.1) is 25.5 Å². The van der Waals surface area contributed by atoms with Crippen molar-refractivity contribution in [2.24, 2.45) is 0 Å². The number of nitrogens with one attached hydrogen (secondary N) is 4. The molecule has 0 fully saturated rings. The summed E-state index contributed by atoms with van der Waals surface area (Å²) >= 11 is 0. The molecule has 2 heterocycles. The van der Waals surface area contributed by atoms with Gasteiger partial charge in [0.25, 0.3) is 11.8 Å². The van der Waals surface area contributed by atoms with E-state index in [0.717, 1.165) is 35.0 Å². The number of carboxylic acids is 1. The highest BCUT2D eigenvalue weighted by atomic mass is 19.1. The zero-order valence-electron chi connectivity index (χ0n) is 20.9. The van der Waals surface area contributed by atoms with Gasteiger partial charge >= 0.3 is 12.0 Å². The summed E-state index contributed by atoms with van der Waals surface area (Å²) in [5, 5.41) is 24.7. The third-order valence-electron chi connectivity index (χ3n) is 6.34. The number of rotatable bonds is 7. The van der Waals surface area contributed by atoms with Gasteiger partial charge in [-0.1, -0.05) is 6.07 Å². The molecule has 10 nitrogen and oxygen atoms in total. The molecule has 3 aromatic rings. The molecule has 202 valence electrons. The number of urea groups is 1. The number of aliphatic carboxylic acids is 1. The predicted octanol–water partition coefficient (Wildman–Crippen LogP) is 3.87. The van der Waals surface area contributed by atoms with E-state index < -0.39 is 47.6 Å². The Morgan fingerprint density at radius 1 is 1.08 bits per heavy atom. The molecule has 0 spiro atoms. The summed E-state index contributed by atoms with van der Waals surface area (Å²) in [6.45, 7) is 3.16. The number of aryl methyl sites for hydroxylation is 1. The summed E-state index contributed by atoms with van der Waals surface area (Å²) in [4.78, 5) is 51.3. The monoisotopic (exact) mass is 538 g/mol. The maximum absolute atomic E-state index is 14.9. The molecule has 2 aromatic carbocycles. The zero-order chi connectivity index (χ0) is 28.4. The number of carbonyl (C=O) groups excluding carboxylic acids is 3. The lowest BCUT2D eigenvalue weighted by Gasteiger charge is -2.10. The maximum atomic E-state index is 14.9. The molecule has 0 aliphatic carbocycles. The lowest BCUT2D eigenvalue weighted by Crippen LogP contribution is -2.35. The van der Waals surface area contributed by atoms with Crippen molar-refractivity contribution in [2.75, 3.05) is 10.6 Å². The van der Waals surface area contributed by atoms with Gasteiger partial charge in [0.05, 0.1) is 29.1 Å². The lowest BCUT2D eigenvalue weighted by molar-refractivity contribution is -0.137. The molecule has 39 heavy (non-hydrogen) atoms. The van der Waals surface area contributed by atoms with E-state index in [1.807, 2.05) is 5.32 Å². The number of fused-ring (bicyclic) bond motifs is 1. The van der Waals surface area contributed by atoms with E-state index in [4.69, 9.17) is 10.2 Å². The second-order valence-electron chi connectivity index (χ2n) is 8.93. The fourth-order valence-electron chi connectivity index (χ4n) is 4.33. The van der Waals surface area contributed by atoms with E-state index in [2.05, 4.69) is 15.6 Å². The third-order valence-corrected chi connectivity index (χ3v) is 6.34. The number of halogens is 2. The summed E-state index contributed by atoms with van der Waals surface area (Å²) in [7, 11) is 0. The number of hydrogen-bond acceptors (Lipinski definition) is 5. The number of aromatic amines is 1. The number of amides is 4. The van der Waals surface area contributed by atoms with E-state index >= 15 is 0 Å². The number of imide groups is 1. The molecule has 0 bridgehead atoms. The van der Waals surface area contributed by atoms with Gasteiger partial charge in [0.15, 0.2) is 0 Å². The van der Waals surface area contributed by atoms with Gasteiger partial charge in [-0.3, -0.25) is 19.7 Å². The van der Waals surface area contributed by atoms with Crippen LogP contribution >= 0.6 is 0 Å². The Morgan fingerprint density at radius 2 is 1.82 bits per heavy atom. The van der Waals surface area contributed by atoms with Crippen molar-refractivity contribution in [1.82, 2.24) is 10.3 Å². The molecule has 0 saturated heterocycles. The van der Waals surface area contributed by atoms with Crippen LogP contribution in [-0.4, -0.2) is 39.0 Å². The Bertz CT molecular complexity index is 1560. The summed E-state index contributed by atoms with van der Waals surface area (Å²) in [5.74, 6) is -4.35. The molecular formula is C27H24F2N4O6. The molecule has 4 rings (SSSR count). The number of aromatic nitrogens is 1. The number of carboxylic acid groups (broad SMARTS) is 1. The summed E-state index contributed by atoms with van der Waals surface area (Å²) in [6.07, 6.45) is 1.80. The van der Waals surface area contributed by atoms with Crippen molar-refractivity contribution in [2.45, 2.75) is 33.3 Å². The van der Waals surface area contributed by atoms with Crippen LogP contribution in [0.5, 0.6) is 0 Å². The van der Waals surface area contributed by atoms with E-state index in [1.165, 1.54) is 12.1 Å². The SMILES string of the molecule is Cc1[nH]c(C=C2C(=O)Nc3cc(NC(=O)NC(=O)c4ccc(CO)cc4F)c(F)cc32)c(C)c1CCC(=O)O. The van der Waals surface area contributed by atoms with Crippen LogP contribution in [0.25, 0.3) is 11.6 Å². The van der Waals surface area contributed by atoms with Gasteiger partial charge in [-0.15, -0.1) is 0 Å². The van der Waals surface area contributed by atoms with Crippen LogP contribution in [0.2, 0.25) is 0 Å². The van der Waals surface area contributed by atoms with Crippen molar-refractivity contribution in [3.05, 3.63) is 81.2 Å². The van der Waals surface area contributed by atoms with Gasteiger partial charge in [-0.2, -0.15) is 0 Å². The number of benzene rings is 2. The fourth-order valence-corrected chi connectivity index (χ4v) is 4.33. The van der Waals surface area contributed by atoms with Crippen LogP contribution in [0.1, 0.15) is 50.4 Å². The van der Waals surface area contributed by atoms with Gasteiger partial charge in [0.2, 0.25) is 0 Å². The standard InChI is InChI=1S/C27H24F2N4O6/c1-12-15(5-6-24(35)36)13(2)30-21(12)9-18-17-8-20(29)23(10-22(17)31-26(18)38)32-27(39)33-25(37)16-4-3-14(11-34)7-19(16)28/h3-4,7-10,30,34H,5-6,11H2,1-2H3,(H,31,38)(H,35,36)(H2,32,33,37,39). The number of aliphatic hydroxyl groups is 1. The van der Waals surface area contributed by atoms with E-state index in [0.29, 0.717) is 12.1 Å². The second kappa shape index (κ2) is 10.9. The van der Waals surface area contributed by atoms with E-state index in [-0.39, 0.29) is 34.5 Å². The minimum Gasteiger partial charge on any atom is -0.481 e. The van der Waals surface area contributed by atoms with Crippen LogP contribution < -0.4 is 16.0 Å². The minimum absolute atomic E-state index is 0.0516. The molecule has 0 saturated carbocycles. The summed E-state index contributed by atoms with van der Waals surface area (Å²) in [6, 6.07) is 4.49. The van der Waals surface area contributed by atoms with Gasteiger partial charge in [-0.05, 0) is 67.3 Å². The number of hydrogen-bond donors (Lipinski definition) is 6. The summed E-state index contributed by atoms with van der Waals surface area (Å²) < 4.78 is 29.0. The van der Waals surface area contributed by atoms with Crippen LogP contribution in [-0.2, 0) is 22.6 Å². The summed E-state index contributed by atoms with van der Waals surface area (Å²) in [5.41, 5.74) is 3.00. The number of carbonyl (C=O) groups is 4. The molecule has 12 heteroatoms. The molecule has 4 amide bonds. The highest BCUT2D eigenvalue weighted by Gasteiger charge is 2.27. The van der Waals surface area contributed by atoms with E-state index in [1.54, 1.807) is 19.9 Å². The smallest absolute Gasteiger partial charge is 0.326 e. The Labute approximate surface area is 220 Å². The number of anilines is 2. The highest BCUT2D eigenvalue weighted by Crippen LogP contribution is 2.37. The molecule has 1 aliphatic heterocycles. The molecule has 0 radical (unpaired) electrons. The second-order valence-corrected chi connectivity index (χ2v) is 8.93. The van der Waals surface area contributed by atoms with E-state index in [9.17, 15) is 28.0 Å². The van der Waals surface area contributed by atoms with Gasteiger partial charge < -0.3 is 25.8 Å². The average Bonchev–Trinajstić information content (AvgIpc) is 3.31. The molecule has 0 atom stereocenters. The Balaban J connectivity index is 1.53. The Hall–Kier alpha value is -4.84. The maximum Gasteiger partial charge on any atom is 0.326 e. The van der Waals surface area contributed by atoms with Crippen LogP contribution in [0.15, 0.2) is 30.3 Å². The normalized spacial score (nSPS) is 13.3. The average molecular weight is 539 g/mol. The van der Waals surface area contributed by atoms with Crippen molar-refractivity contribution < 1.29 is 38.2 Å². The Morgan fingerprint density at radius 3 is 2.49 bits per heavy atom. The minimum atomic E-state index is -1.13. The van der Waals surface area contributed by atoms with Crippen molar-refractivity contribution >= 4 is 46.8 Å². The van der Waals surface area contributed by atoms with Crippen molar-refractivity contribution in [1.29, 1.82) is 0 Å². The van der Waals surface area contributed by atoms with Gasteiger partial charge in [0, 0.05) is 23.4 Å². The molecule has 1 aliphatic rings. The number of H-pyrrole nitrogens is 1. The quantitative estimate of drug-likeness (QED) is 0.250. The first-order valence-electron chi connectivity index (χ1n) is 11.8. The third kappa shape index (κ3) is 5.70. The molecule has 1 aromatic heterocycles. The van der Waals surface area contributed by atoms with Crippen LogP contribution in [0.4, 0.5) is 25.0 Å². The fraction of sp³-hybridized carbons (Fsp3) is 0.185. The van der Waals surface area contributed by atoms with Gasteiger partial charge in [0.1, 0.15) is 11.6 Å². The van der Waals surface area contributed by atoms with Gasteiger partial charge in [-0.25, -0.2) is 13.6 Å². The lowest BCUT2D eigenvalue weighted by atomic mass is 10.0. The first-order valence-corrected chi connectivity index (χ1v) is 11.8. The molecular weight excluding hydrogens is 514 g/mol. The first kappa shape index (κ1) is 27.2. The van der Waals surface area contributed by atoms with Crippen molar-refractivity contribution in [3.63, 3.8) is 0 Å². The largest absolute Gasteiger partial charge is 0.481 e. The predicted molar refractivity (Wildman–Crippen MR) is 138 cm³/mol. The Kier molecular flexibility index (Phi) is 7.58. The molecule has 0 unspecified atom stereocenters. The van der Waals surface area contributed by atoms with Crippen molar-refractivity contribution in [3.8, 4) is 0 Å². The first-order chi connectivity index (χ1) is 18.5. The highest BCUT2D eigenvalue weighted by molar-refractivity contribution is 6.35. The molecule has 6 N–H and O–H groups in total. The van der Waals surface area contributed by atoms with Crippen LogP contribution in [0.3, 0.4) is 0 Å². The zero-order valence-corrected chi connectivity index (χ0v) is 20.9. The topological polar surface area (TPSA) is 161 Å². The number of aliphatic hydroxyl groups excluding tert-OH is 1.